The minimum absolute atomic E-state index is 0.299. The summed E-state index contributed by atoms with van der Waals surface area (Å²) in [6, 6.07) is 0.320. The van der Waals surface area contributed by atoms with Gasteiger partial charge in [0.25, 0.3) is 0 Å². The summed E-state index contributed by atoms with van der Waals surface area (Å²) in [6.45, 7) is 15.8. The Kier molecular flexibility index (Phi) is 13.4. The second-order valence-electron chi connectivity index (χ2n) is 9.23. The molecule has 1 heterocycles. The van der Waals surface area contributed by atoms with Gasteiger partial charge in [-0.15, -0.1) is 0 Å². The van der Waals surface area contributed by atoms with Crippen molar-refractivity contribution >= 4 is 5.91 Å². The molecule has 1 unspecified atom stereocenters. The van der Waals surface area contributed by atoms with E-state index in [-0.39, 0.29) is 0 Å². The molecule has 1 aliphatic heterocycles. The van der Waals surface area contributed by atoms with Crippen LogP contribution in [0.1, 0.15) is 92.9 Å². The zero-order valence-corrected chi connectivity index (χ0v) is 20.5. The van der Waals surface area contributed by atoms with Crippen LogP contribution in [-0.2, 0) is 4.79 Å². The molecule has 0 radical (unpaired) electrons. The van der Waals surface area contributed by atoms with Crippen molar-refractivity contribution in [3.63, 3.8) is 0 Å². The van der Waals surface area contributed by atoms with Crippen LogP contribution in [0, 0.1) is 0 Å². The normalized spacial score (nSPS) is 18.5. The lowest BCUT2D eigenvalue weighted by Gasteiger charge is -2.34. The van der Waals surface area contributed by atoms with Gasteiger partial charge in [0.05, 0.1) is 0 Å². The Bertz CT molecular complexity index is 635. The highest BCUT2D eigenvalue weighted by atomic mass is 16.2. The fourth-order valence-electron chi connectivity index (χ4n) is 3.78. The highest BCUT2D eigenvalue weighted by molar-refractivity contribution is 5.76. The molecule has 1 aliphatic rings. The second-order valence-corrected chi connectivity index (χ2v) is 9.23. The lowest BCUT2D eigenvalue weighted by molar-refractivity contribution is -0.133. The van der Waals surface area contributed by atoms with Gasteiger partial charge in [0.2, 0.25) is 5.91 Å². The van der Waals surface area contributed by atoms with Crippen molar-refractivity contribution in [1.82, 2.24) is 10.2 Å². The van der Waals surface area contributed by atoms with Crippen molar-refractivity contribution in [2.45, 2.75) is 99.0 Å². The molecule has 3 heteroatoms. The zero-order valence-electron chi connectivity index (χ0n) is 20.5. The van der Waals surface area contributed by atoms with E-state index in [1.165, 1.54) is 28.7 Å². The summed E-state index contributed by atoms with van der Waals surface area (Å²) in [5, 5.41) is 3.34. The van der Waals surface area contributed by atoms with Gasteiger partial charge in [-0.25, -0.2) is 0 Å². The Morgan fingerprint density at radius 3 is 1.73 bits per heavy atom. The van der Waals surface area contributed by atoms with Gasteiger partial charge < -0.3 is 10.2 Å². The van der Waals surface area contributed by atoms with Gasteiger partial charge in [0, 0.05) is 32.1 Å². The van der Waals surface area contributed by atoms with E-state index in [1.807, 2.05) is 4.90 Å². The fourth-order valence-corrected chi connectivity index (χ4v) is 3.78. The molecule has 1 N–H and O–H groups in total. The third kappa shape index (κ3) is 12.2. The van der Waals surface area contributed by atoms with Crippen molar-refractivity contribution in [3.05, 3.63) is 46.6 Å². The van der Waals surface area contributed by atoms with E-state index in [0.29, 0.717) is 18.4 Å². The van der Waals surface area contributed by atoms with Gasteiger partial charge in [0.15, 0.2) is 0 Å². The number of rotatable bonds is 12. The predicted octanol–water partition coefficient (Wildman–Crippen LogP) is 6.73. The van der Waals surface area contributed by atoms with Gasteiger partial charge in [-0.2, -0.15) is 0 Å². The van der Waals surface area contributed by atoms with E-state index in [1.54, 1.807) is 0 Å². The van der Waals surface area contributed by atoms with Gasteiger partial charge in [-0.3, -0.25) is 4.79 Å². The van der Waals surface area contributed by atoms with Gasteiger partial charge >= 0.3 is 0 Å². The first-order chi connectivity index (χ1) is 14.3. The summed E-state index contributed by atoms with van der Waals surface area (Å²) in [5.41, 5.74) is 5.80. The summed E-state index contributed by atoms with van der Waals surface area (Å²) in [4.78, 5) is 14.4. The monoisotopic (exact) mass is 414 g/mol. The summed E-state index contributed by atoms with van der Waals surface area (Å²) in [6.07, 6.45) is 17.7. The zero-order chi connectivity index (χ0) is 22.4. The largest absolute Gasteiger partial charge is 0.337 e. The van der Waals surface area contributed by atoms with E-state index >= 15 is 0 Å². The molecule has 170 valence electrons. The molecule has 0 aliphatic carbocycles. The average molecular weight is 415 g/mol. The number of nitrogens with one attached hydrogen (secondary N) is 1. The Morgan fingerprint density at radius 1 is 0.800 bits per heavy atom. The van der Waals surface area contributed by atoms with E-state index in [9.17, 15) is 4.79 Å². The molecule has 3 nitrogen and oxygen atoms in total. The van der Waals surface area contributed by atoms with Crippen LogP contribution in [0.3, 0.4) is 0 Å². The maximum atomic E-state index is 12.4. The molecule has 0 aromatic heterocycles. The van der Waals surface area contributed by atoms with Crippen LogP contribution in [0.15, 0.2) is 46.6 Å². The Morgan fingerprint density at radius 2 is 1.27 bits per heavy atom. The third-order valence-electron chi connectivity index (χ3n) is 5.83. The molecule has 0 saturated carbocycles. The van der Waals surface area contributed by atoms with Crippen molar-refractivity contribution in [2.24, 2.45) is 0 Å². The quantitative estimate of drug-likeness (QED) is 0.359. The predicted molar refractivity (Wildman–Crippen MR) is 132 cm³/mol. The second kappa shape index (κ2) is 15.2. The number of carbonyl (C=O) groups is 1. The first kappa shape index (κ1) is 26.4. The Hall–Kier alpha value is -1.61. The molecule has 1 fully saturated rings. The number of nitrogens with zero attached hydrogens (tertiary/aromatic N) is 1. The summed E-state index contributed by atoms with van der Waals surface area (Å²) in [7, 11) is 0. The maximum absolute atomic E-state index is 12.4. The Labute approximate surface area is 186 Å². The van der Waals surface area contributed by atoms with Crippen molar-refractivity contribution in [1.29, 1.82) is 0 Å². The minimum atomic E-state index is 0.299. The van der Waals surface area contributed by atoms with E-state index in [4.69, 9.17) is 0 Å². The molecule has 0 spiro atoms. The molecule has 0 aromatic rings. The van der Waals surface area contributed by atoms with Crippen LogP contribution < -0.4 is 5.32 Å². The maximum Gasteiger partial charge on any atom is 0.223 e. The van der Waals surface area contributed by atoms with E-state index in [2.05, 4.69) is 71.2 Å². The number of piperazine rings is 1. The van der Waals surface area contributed by atoms with E-state index in [0.717, 1.165) is 58.2 Å². The number of carbonyl (C=O) groups excluding carboxylic acids is 1. The first-order valence-electron chi connectivity index (χ1n) is 11.9. The number of hydrogen-bond acceptors (Lipinski definition) is 2. The van der Waals surface area contributed by atoms with Crippen molar-refractivity contribution in [3.8, 4) is 0 Å². The average Bonchev–Trinajstić information content (AvgIpc) is 2.68. The lowest BCUT2D eigenvalue weighted by atomic mass is 10.0. The summed E-state index contributed by atoms with van der Waals surface area (Å²) < 4.78 is 0. The fraction of sp³-hybridized carbons (Fsp3) is 0.667. The van der Waals surface area contributed by atoms with Crippen molar-refractivity contribution < 1.29 is 4.79 Å². The van der Waals surface area contributed by atoms with Gasteiger partial charge in [0.1, 0.15) is 0 Å². The SMILES string of the molecule is CC(C)=CCCC(C)=CCCC(C)=CCCC(C)=CCCC(=O)N1CCNCC1C. The smallest absolute Gasteiger partial charge is 0.223 e. The summed E-state index contributed by atoms with van der Waals surface area (Å²) in [5.74, 6) is 0.299. The molecular weight excluding hydrogens is 368 g/mol. The summed E-state index contributed by atoms with van der Waals surface area (Å²) >= 11 is 0. The molecule has 1 rings (SSSR count). The van der Waals surface area contributed by atoms with Crippen LogP contribution in [0.5, 0.6) is 0 Å². The molecular formula is C27H46N2O. The third-order valence-corrected chi connectivity index (χ3v) is 5.83. The standard InChI is InChI=1S/C27H46N2O/c1-22(2)11-7-12-23(3)13-8-14-24(4)15-9-16-25(5)17-10-18-27(30)29-20-19-28-21-26(29)6/h11,13,15,17,26,28H,7-10,12,14,16,18-21H2,1-6H3. The number of amides is 1. The van der Waals surface area contributed by atoms with Crippen LogP contribution in [0.4, 0.5) is 0 Å². The van der Waals surface area contributed by atoms with Crippen LogP contribution in [-0.4, -0.2) is 36.5 Å². The molecule has 1 atom stereocenters. The highest BCUT2D eigenvalue weighted by Crippen LogP contribution is 2.14. The molecule has 0 bridgehead atoms. The van der Waals surface area contributed by atoms with Crippen LogP contribution in [0.2, 0.25) is 0 Å². The van der Waals surface area contributed by atoms with E-state index < -0.39 is 0 Å². The first-order valence-corrected chi connectivity index (χ1v) is 11.9. The topological polar surface area (TPSA) is 32.3 Å². The number of hydrogen-bond donors (Lipinski definition) is 1. The van der Waals surface area contributed by atoms with Crippen LogP contribution >= 0.6 is 0 Å². The molecule has 0 aromatic carbocycles. The van der Waals surface area contributed by atoms with Gasteiger partial charge in [-0.05, 0) is 86.5 Å². The lowest BCUT2D eigenvalue weighted by Crippen LogP contribution is -2.52. The molecule has 1 amide bonds. The molecule has 1 saturated heterocycles. The number of allylic oxidation sites excluding steroid dienone is 8. The van der Waals surface area contributed by atoms with Gasteiger partial charge in [-0.1, -0.05) is 46.6 Å². The highest BCUT2D eigenvalue weighted by Gasteiger charge is 2.21. The Balaban J connectivity index is 2.23. The molecule has 30 heavy (non-hydrogen) atoms. The minimum Gasteiger partial charge on any atom is -0.337 e. The van der Waals surface area contributed by atoms with Crippen molar-refractivity contribution in [2.75, 3.05) is 19.6 Å². The van der Waals surface area contributed by atoms with Crippen LogP contribution in [0.25, 0.3) is 0 Å².